The quantitative estimate of drug-likeness (QED) is 0.351. The van der Waals surface area contributed by atoms with Crippen molar-refractivity contribution < 1.29 is 43.4 Å². The van der Waals surface area contributed by atoms with Gasteiger partial charge in [-0.05, 0) is 0 Å². The maximum atomic E-state index is 5.57. The third-order valence-electron chi connectivity index (χ3n) is 2.86. The first-order valence-electron chi connectivity index (χ1n) is 5.85. The third-order valence-corrected chi connectivity index (χ3v) is 2.86. The van der Waals surface area contributed by atoms with Gasteiger partial charge in [-0.2, -0.15) is 60.7 Å². The Morgan fingerprint density at radius 2 is 1.09 bits per heavy atom. The average molecular weight is 449 g/mol. The molecule has 0 aliphatic carbocycles. The SMILES string of the molecule is CO[C@@H](c1[c-]cccc1)[C@@H](OC)c1[c-]cccc1.[Br-].[Br-].[Mg+2].[Mg+2]. The molecule has 0 aliphatic rings. The fourth-order valence-electron chi connectivity index (χ4n) is 2.00. The van der Waals surface area contributed by atoms with Crippen molar-refractivity contribution in [1.29, 1.82) is 0 Å². The van der Waals surface area contributed by atoms with Gasteiger partial charge in [-0.3, -0.25) is 0 Å². The third kappa shape index (κ3) is 7.61. The van der Waals surface area contributed by atoms with Gasteiger partial charge in [-0.15, -0.1) is 11.1 Å². The number of hydrogen-bond acceptors (Lipinski definition) is 2. The molecule has 22 heavy (non-hydrogen) atoms. The standard InChI is InChI=1S/C16H16O2.2BrH.2Mg/c1-17-15(13-9-5-3-6-10-13)16(18-2)14-11-7-4-8-12-14;;;;/h3-9,11,15-16H,1-2H3;2*1H;;/q-2;;;2*+2/p-2/t15-,16-;;;;/m0..../s1. The van der Waals surface area contributed by atoms with Crippen molar-refractivity contribution in [2.24, 2.45) is 0 Å². The van der Waals surface area contributed by atoms with E-state index in [0.717, 1.165) is 11.1 Å². The fourth-order valence-corrected chi connectivity index (χ4v) is 2.00. The maximum absolute atomic E-state index is 5.57. The molecule has 0 heterocycles. The summed E-state index contributed by atoms with van der Waals surface area (Å²) in [6, 6.07) is 21.9. The van der Waals surface area contributed by atoms with E-state index in [1.165, 1.54) is 0 Å². The van der Waals surface area contributed by atoms with Crippen LogP contribution in [0.15, 0.2) is 48.5 Å². The summed E-state index contributed by atoms with van der Waals surface area (Å²) in [4.78, 5) is 0. The summed E-state index contributed by atoms with van der Waals surface area (Å²) in [5.74, 6) is 0. The number of halogens is 2. The molecule has 0 fully saturated rings. The number of methoxy groups -OCH3 is 2. The fraction of sp³-hybridized carbons (Fsp3) is 0.250. The van der Waals surface area contributed by atoms with Crippen molar-refractivity contribution in [3.63, 3.8) is 0 Å². The van der Waals surface area contributed by atoms with Crippen LogP contribution in [0.5, 0.6) is 0 Å². The number of rotatable bonds is 5. The zero-order valence-corrected chi connectivity index (χ0v) is 18.8. The van der Waals surface area contributed by atoms with E-state index in [0.29, 0.717) is 0 Å². The van der Waals surface area contributed by atoms with Crippen LogP contribution in [-0.4, -0.2) is 60.3 Å². The van der Waals surface area contributed by atoms with Gasteiger partial charge in [0.15, 0.2) is 0 Å². The zero-order valence-electron chi connectivity index (χ0n) is 12.8. The van der Waals surface area contributed by atoms with Gasteiger partial charge in [0, 0.05) is 14.2 Å². The molecule has 0 amide bonds. The molecule has 2 aromatic carbocycles. The molecule has 2 rings (SSSR count). The van der Waals surface area contributed by atoms with E-state index >= 15 is 0 Å². The van der Waals surface area contributed by atoms with E-state index in [4.69, 9.17) is 9.47 Å². The molecule has 0 unspecified atom stereocenters. The van der Waals surface area contributed by atoms with Gasteiger partial charge in [0.1, 0.15) is 0 Å². The minimum absolute atomic E-state index is 0. The van der Waals surface area contributed by atoms with Crippen LogP contribution in [0.4, 0.5) is 0 Å². The Morgan fingerprint density at radius 1 is 0.727 bits per heavy atom. The summed E-state index contributed by atoms with van der Waals surface area (Å²) in [5, 5.41) is 0. The molecule has 2 nitrogen and oxygen atoms in total. The summed E-state index contributed by atoms with van der Waals surface area (Å²) >= 11 is 0. The van der Waals surface area contributed by atoms with Gasteiger partial charge in [0.25, 0.3) is 0 Å². The molecule has 0 spiro atoms. The van der Waals surface area contributed by atoms with Gasteiger partial charge in [-0.25, -0.2) is 0 Å². The molecule has 0 saturated heterocycles. The first-order valence-corrected chi connectivity index (χ1v) is 5.85. The largest absolute Gasteiger partial charge is 2.00 e. The second-order valence-electron chi connectivity index (χ2n) is 3.95. The smallest absolute Gasteiger partial charge is 1.00 e. The Labute approximate surface area is 186 Å². The molecule has 0 aliphatic heterocycles. The van der Waals surface area contributed by atoms with Crippen LogP contribution in [-0.2, 0) is 9.47 Å². The Bertz CT molecular complexity index is 427. The van der Waals surface area contributed by atoms with Crippen LogP contribution in [0, 0.1) is 12.1 Å². The second-order valence-corrected chi connectivity index (χ2v) is 3.95. The molecular formula is C16H16Br2Mg2O2. The average Bonchev–Trinajstić information content (AvgIpc) is 2.46. The molecule has 2 aromatic rings. The summed E-state index contributed by atoms with van der Waals surface area (Å²) in [6.45, 7) is 0. The van der Waals surface area contributed by atoms with Crippen molar-refractivity contribution in [2.75, 3.05) is 14.2 Å². The Hall–Kier alpha value is 0.852. The number of ether oxygens (including phenoxy) is 2. The Morgan fingerprint density at radius 3 is 1.32 bits per heavy atom. The zero-order chi connectivity index (χ0) is 12.8. The summed E-state index contributed by atoms with van der Waals surface area (Å²) in [5.41, 5.74) is 1.95. The number of benzene rings is 2. The predicted molar refractivity (Wildman–Crippen MR) is 81.6 cm³/mol. The molecule has 0 saturated carbocycles. The van der Waals surface area contributed by atoms with Crippen LogP contribution in [0.3, 0.4) is 0 Å². The molecule has 0 aromatic heterocycles. The molecule has 110 valence electrons. The molecular weight excluding hydrogens is 433 g/mol. The van der Waals surface area contributed by atoms with Crippen LogP contribution < -0.4 is 34.0 Å². The van der Waals surface area contributed by atoms with Crippen LogP contribution >= 0.6 is 0 Å². The van der Waals surface area contributed by atoms with Gasteiger partial charge in [0.2, 0.25) is 0 Å². The molecule has 0 radical (unpaired) electrons. The molecule has 0 bridgehead atoms. The van der Waals surface area contributed by atoms with Gasteiger partial charge in [0.05, 0.1) is 12.2 Å². The maximum Gasteiger partial charge on any atom is 2.00 e. The van der Waals surface area contributed by atoms with Gasteiger partial charge >= 0.3 is 46.1 Å². The predicted octanol–water partition coefficient (Wildman–Crippen LogP) is -3.39. The van der Waals surface area contributed by atoms with Gasteiger partial charge < -0.3 is 43.4 Å². The van der Waals surface area contributed by atoms with Crippen molar-refractivity contribution in [3.05, 3.63) is 71.8 Å². The van der Waals surface area contributed by atoms with Crippen LogP contribution in [0.25, 0.3) is 0 Å². The molecule has 6 heteroatoms. The van der Waals surface area contributed by atoms with E-state index in [-0.39, 0.29) is 92.3 Å². The minimum atomic E-state index is -0.185. The first-order chi connectivity index (χ1) is 8.86. The Kier molecular flexibility index (Phi) is 19.4. The summed E-state index contributed by atoms with van der Waals surface area (Å²) < 4.78 is 11.1. The molecule has 2 atom stereocenters. The topological polar surface area (TPSA) is 18.5 Å². The Balaban J connectivity index is -0.000000902. The normalized spacial score (nSPS) is 11.5. The van der Waals surface area contributed by atoms with Crippen LogP contribution in [0.2, 0.25) is 0 Å². The van der Waals surface area contributed by atoms with E-state index in [1.54, 1.807) is 14.2 Å². The summed E-state index contributed by atoms with van der Waals surface area (Å²) in [6.07, 6.45) is -0.371. The first kappa shape index (κ1) is 27.7. The van der Waals surface area contributed by atoms with Crippen molar-refractivity contribution >= 4 is 46.1 Å². The van der Waals surface area contributed by atoms with Crippen molar-refractivity contribution in [1.82, 2.24) is 0 Å². The van der Waals surface area contributed by atoms with E-state index in [9.17, 15) is 0 Å². The van der Waals surface area contributed by atoms with Crippen molar-refractivity contribution in [3.8, 4) is 0 Å². The van der Waals surface area contributed by atoms with E-state index in [2.05, 4.69) is 12.1 Å². The van der Waals surface area contributed by atoms with Crippen LogP contribution in [0.1, 0.15) is 23.3 Å². The van der Waals surface area contributed by atoms with E-state index in [1.807, 2.05) is 48.5 Å². The molecule has 0 N–H and O–H groups in total. The van der Waals surface area contributed by atoms with E-state index < -0.39 is 0 Å². The second kappa shape index (κ2) is 15.4. The van der Waals surface area contributed by atoms with Gasteiger partial charge in [-0.1, -0.05) is 0 Å². The monoisotopic (exact) mass is 446 g/mol. The minimum Gasteiger partial charge on any atom is -1.00 e. The summed E-state index contributed by atoms with van der Waals surface area (Å²) in [7, 11) is 3.36. The number of hydrogen-bond donors (Lipinski definition) is 0. The van der Waals surface area contributed by atoms with Crippen molar-refractivity contribution in [2.45, 2.75) is 12.2 Å².